The lowest BCUT2D eigenvalue weighted by atomic mass is 10.1. The minimum absolute atomic E-state index is 0.279. The molecule has 3 rings (SSSR count). The van der Waals surface area contributed by atoms with E-state index in [0.717, 1.165) is 32.1 Å². The highest BCUT2D eigenvalue weighted by atomic mass is 35.5. The van der Waals surface area contributed by atoms with Crippen molar-refractivity contribution >= 4 is 23.5 Å². The van der Waals surface area contributed by atoms with Crippen molar-refractivity contribution in [2.45, 2.75) is 50.8 Å². The highest BCUT2D eigenvalue weighted by molar-refractivity contribution is 6.20. The quantitative estimate of drug-likeness (QED) is 0.152. The molecular weight excluding hydrogens is 428 g/mol. The van der Waals surface area contributed by atoms with E-state index in [-0.39, 0.29) is 17.8 Å². The van der Waals surface area contributed by atoms with Gasteiger partial charge in [0.05, 0.1) is 12.2 Å². The van der Waals surface area contributed by atoms with Crippen LogP contribution >= 0.6 is 11.6 Å². The third-order valence-electron chi connectivity index (χ3n) is 4.99. The van der Waals surface area contributed by atoms with Crippen molar-refractivity contribution in [3.8, 4) is 11.5 Å². The van der Waals surface area contributed by atoms with Crippen molar-refractivity contribution in [2.24, 2.45) is 5.92 Å². The molecule has 1 aliphatic carbocycles. The summed E-state index contributed by atoms with van der Waals surface area (Å²) in [5.74, 6) is 0.621. The van der Waals surface area contributed by atoms with Crippen LogP contribution in [0.25, 0.3) is 0 Å². The molecule has 1 aliphatic rings. The maximum Gasteiger partial charge on any atom is 0.343 e. The fourth-order valence-electron chi connectivity index (χ4n) is 3.28. The Balaban J connectivity index is 0.000000344. The minimum atomic E-state index is -0.709. The van der Waals surface area contributed by atoms with Crippen LogP contribution in [0.1, 0.15) is 55.8 Å². The van der Waals surface area contributed by atoms with E-state index in [2.05, 4.69) is 0 Å². The smallest absolute Gasteiger partial charge is 0.343 e. The van der Waals surface area contributed by atoms with Gasteiger partial charge in [-0.3, -0.25) is 4.79 Å². The summed E-state index contributed by atoms with van der Waals surface area (Å²) in [5.41, 5.74) is 0.526. The third-order valence-corrected chi connectivity index (χ3v) is 5.38. The van der Waals surface area contributed by atoms with Crippen LogP contribution in [0.15, 0.2) is 66.7 Å². The second-order valence-electron chi connectivity index (χ2n) is 7.67. The number of alkyl halides is 1. The Morgan fingerprint density at radius 3 is 2.50 bits per heavy atom. The average molecular weight is 459 g/mol. The van der Waals surface area contributed by atoms with Gasteiger partial charge in [-0.2, -0.15) is 0 Å². The Hall–Kier alpha value is -2.79. The van der Waals surface area contributed by atoms with Crippen molar-refractivity contribution in [1.29, 1.82) is 0 Å². The monoisotopic (exact) mass is 458 g/mol. The van der Waals surface area contributed by atoms with Gasteiger partial charge in [0.15, 0.2) is 0 Å². The topological polar surface area (TPSA) is 72.8 Å². The first kappa shape index (κ1) is 25.5. The standard InChI is InChI=1S/C19H19ClO3.C7H12O2/c20-16-10-9-14(11-16)13-22-17-7-4-8-18(12-17)23-19(21)15-5-2-1-3-6-15;1-2-3-4-5-6-7(8)9/h1-8,12,14,16H,9-11,13H2;2-3H,4-6H2,1H3,(H,8,9)/b;3-2-. The van der Waals surface area contributed by atoms with Gasteiger partial charge >= 0.3 is 11.9 Å². The van der Waals surface area contributed by atoms with Crippen molar-refractivity contribution in [3.63, 3.8) is 0 Å². The van der Waals surface area contributed by atoms with E-state index >= 15 is 0 Å². The number of allylic oxidation sites excluding steroid dienone is 2. The molecule has 0 radical (unpaired) electrons. The van der Waals surface area contributed by atoms with Crippen molar-refractivity contribution in [2.75, 3.05) is 6.61 Å². The number of unbranched alkanes of at least 4 members (excludes halogenated alkanes) is 1. The molecule has 0 heterocycles. The van der Waals surface area contributed by atoms with E-state index in [4.69, 9.17) is 26.2 Å². The number of hydrogen-bond donors (Lipinski definition) is 1. The fraction of sp³-hybridized carbons (Fsp3) is 0.385. The van der Waals surface area contributed by atoms with E-state index in [1.165, 1.54) is 0 Å². The van der Waals surface area contributed by atoms with Crippen molar-refractivity contribution in [3.05, 3.63) is 72.3 Å². The lowest BCUT2D eigenvalue weighted by molar-refractivity contribution is -0.137. The van der Waals surface area contributed by atoms with Gasteiger partial charge in [-0.05, 0) is 69.2 Å². The summed E-state index contributed by atoms with van der Waals surface area (Å²) in [7, 11) is 0. The van der Waals surface area contributed by atoms with Gasteiger partial charge in [-0.1, -0.05) is 36.4 Å². The summed E-state index contributed by atoms with van der Waals surface area (Å²) in [4.78, 5) is 22.0. The highest BCUT2D eigenvalue weighted by Crippen LogP contribution is 2.30. The van der Waals surface area contributed by atoms with E-state index in [1.54, 1.807) is 24.3 Å². The predicted octanol–water partition coefficient (Wildman–Crippen LogP) is 6.51. The number of halogens is 1. The van der Waals surface area contributed by atoms with Gasteiger partial charge in [-0.25, -0.2) is 4.79 Å². The van der Waals surface area contributed by atoms with Crippen molar-refractivity contribution in [1.82, 2.24) is 0 Å². The number of hydrogen-bond acceptors (Lipinski definition) is 4. The summed E-state index contributed by atoms with van der Waals surface area (Å²) < 4.78 is 11.2. The number of ether oxygens (including phenoxy) is 2. The van der Waals surface area contributed by atoms with Crippen LogP contribution in [-0.2, 0) is 4.79 Å². The Labute approximate surface area is 195 Å². The molecule has 1 N–H and O–H groups in total. The molecule has 1 saturated carbocycles. The largest absolute Gasteiger partial charge is 0.493 e. The molecule has 2 atom stereocenters. The maximum absolute atomic E-state index is 12.1. The molecule has 0 spiro atoms. The molecular formula is C26H31ClO5. The minimum Gasteiger partial charge on any atom is -0.493 e. The van der Waals surface area contributed by atoms with Gasteiger partial charge in [-0.15, -0.1) is 11.6 Å². The summed E-state index contributed by atoms with van der Waals surface area (Å²) in [6.07, 6.45) is 8.99. The van der Waals surface area contributed by atoms with Gasteiger partial charge < -0.3 is 14.6 Å². The van der Waals surface area contributed by atoms with Gasteiger partial charge in [0, 0.05) is 17.9 Å². The number of carbonyl (C=O) groups excluding carboxylic acids is 1. The second-order valence-corrected chi connectivity index (χ2v) is 8.29. The first-order valence-electron chi connectivity index (χ1n) is 10.9. The van der Waals surface area contributed by atoms with Crippen molar-refractivity contribution < 1.29 is 24.2 Å². The van der Waals surface area contributed by atoms with Crippen LogP contribution in [0, 0.1) is 5.92 Å². The zero-order chi connectivity index (χ0) is 23.2. The Kier molecular flexibility index (Phi) is 11.4. The molecule has 0 bridgehead atoms. The normalized spacial score (nSPS) is 17.4. The molecule has 0 aromatic heterocycles. The first-order valence-corrected chi connectivity index (χ1v) is 11.4. The number of carboxylic acid groups (broad SMARTS) is 1. The first-order chi connectivity index (χ1) is 15.5. The van der Waals surface area contributed by atoms with Crippen LogP contribution in [0.4, 0.5) is 0 Å². The molecule has 0 aliphatic heterocycles. The fourth-order valence-corrected chi connectivity index (χ4v) is 3.66. The summed E-state index contributed by atoms with van der Waals surface area (Å²) in [6, 6.07) is 16.1. The van der Waals surface area contributed by atoms with Gasteiger partial charge in [0.25, 0.3) is 0 Å². The SMILES string of the molecule is C/C=C\CCCC(=O)O.O=C(Oc1cccc(OCC2CCC(Cl)C2)c1)c1ccccc1. The maximum atomic E-state index is 12.1. The molecule has 0 amide bonds. The molecule has 0 saturated heterocycles. The predicted molar refractivity (Wildman–Crippen MR) is 127 cm³/mol. The molecule has 6 heteroatoms. The third kappa shape index (κ3) is 10.0. The van der Waals surface area contributed by atoms with Gasteiger partial charge in [0.2, 0.25) is 0 Å². The van der Waals surface area contributed by atoms with E-state index in [9.17, 15) is 9.59 Å². The molecule has 2 aromatic carbocycles. The Bertz CT molecular complexity index is 866. The van der Waals surface area contributed by atoms with E-state index in [1.807, 2.05) is 49.4 Å². The van der Waals surface area contributed by atoms with Crippen LogP contribution in [0.2, 0.25) is 0 Å². The highest BCUT2D eigenvalue weighted by Gasteiger charge is 2.23. The Morgan fingerprint density at radius 2 is 1.84 bits per heavy atom. The number of aliphatic carboxylic acids is 1. The van der Waals surface area contributed by atoms with Crippen LogP contribution < -0.4 is 9.47 Å². The lowest BCUT2D eigenvalue weighted by Gasteiger charge is -2.12. The van der Waals surface area contributed by atoms with E-state index < -0.39 is 5.97 Å². The summed E-state index contributed by atoms with van der Waals surface area (Å²) in [5, 5.41) is 8.47. The summed E-state index contributed by atoms with van der Waals surface area (Å²) in [6.45, 7) is 2.58. The molecule has 172 valence electrons. The zero-order valence-corrected chi connectivity index (χ0v) is 19.2. The molecule has 5 nitrogen and oxygen atoms in total. The lowest BCUT2D eigenvalue weighted by Crippen LogP contribution is -2.10. The number of benzene rings is 2. The van der Waals surface area contributed by atoms with Crippen LogP contribution in [0.3, 0.4) is 0 Å². The summed E-state index contributed by atoms with van der Waals surface area (Å²) >= 11 is 6.12. The Morgan fingerprint density at radius 1 is 1.09 bits per heavy atom. The molecule has 2 aromatic rings. The number of carboxylic acids is 1. The number of esters is 1. The zero-order valence-electron chi connectivity index (χ0n) is 18.4. The number of rotatable bonds is 9. The van der Waals surface area contributed by atoms with Crippen LogP contribution in [-0.4, -0.2) is 29.0 Å². The van der Waals surface area contributed by atoms with Gasteiger partial charge in [0.1, 0.15) is 11.5 Å². The average Bonchev–Trinajstić information content (AvgIpc) is 3.22. The molecule has 2 unspecified atom stereocenters. The van der Waals surface area contributed by atoms with E-state index in [0.29, 0.717) is 29.6 Å². The molecule has 32 heavy (non-hydrogen) atoms. The number of carbonyl (C=O) groups is 2. The second kappa shape index (κ2) is 14.3. The van der Waals surface area contributed by atoms with Crippen LogP contribution in [0.5, 0.6) is 11.5 Å². The molecule has 1 fully saturated rings.